The molecular formula is C19H21F3N4OS2. The van der Waals surface area contributed by atoms with Crippen LogP contribution in [0, 0.1) is 4.77 Å². The minimum absolute atomic E-state index is 0.105. The van der Waals surface area contributed by atoms with Gasteiger partial charge in [0.2, 0.25) is 5.91 Å². The number of alkyl halides is 3. The van der Waals surface area contributed by atoms with Gasteiger partial charge in [0.15, 0.2) is 4.77 Å². The van der Waals surface area contributed by atoms with Crippen molar-refractivity contribution in [1.29, 1.82) is 0 Å². The topological polar surface area (TPSA) is 53.9 Å². The molecule has 1 aliphatic rings. The predicted molar refractivity (Wildman–Crippen MR) is 109 cm³/mol. The van der Waals surface area contributed by atoms with Gasteiger partial charge in [-0.2, -0.15) is 18.3 Å². The molecule has 0 spiro atoms. The fraction of sp³-hybridized carbons (Fsp3) is 0.421. The summed E-state index contributed by atoms with van der Waals surface area (Å²) in [6.45, 7) is 4.02. The number of likely N-dealkylation sites (tertiary alicyclic amines) is 1. The van der Waals surface area contributed by atoms with Crippen molar-refractivity contribution in [2.75, 3.05) is 13.1 Å². The van der Waals surface area contributed by atoms with Crippen LogP contribution in [-0.4, -0.2) is 44.2 Å². The Morgan fingerprint density at radius 2 is 1.97 bits per heavy atom. The molecule has 0 radical (unpaired) electrons. The van der Waals surface area contributed by atoms with Crippen molar-refractivity contribution >= 4 is 36.0 Å². The second kappa shape index (κ2) is 9.17. The molecule has 0 unspecified atom stereocenters. The minimum atomic E-state index is -4.31. The molecule has 0 aliphatic carbocycles. The van der Waals surface area contributed by atoms with Crippen LogP contribution in [0.15, 0.2) is 35.2 Å². The van der Waals surface area contributed by atoms with Gasteiger partial charge in [-0.1, -0.05) is 12.1 Å². The maximum absolute atomic E-state index is 12.4. The van der Waals surface area contributed by atoms with E-state index in [9.17, 15) is 18.0 Å². The molecule has 5 nitrogen and oxygen atoms in total. The summed E-state index contributed by atoms with van der Waals surface area (Å²) >= 11 is 5.08. The molecule has 1 aromatic carbocycles. The first-order chi connectivity index (χ1) is 13.8. The smallest absolute Gasteiger partial charge is 0.339 e. The number of aromatic nitrogens is 3. The van der Waals surface area contributed by atoms with Gasteiger partial charge in [0.1, 0.15) is 5.82 Å². The van der Waals surface area contributed by atoms with E-state index < -0.39 is 5.51 Å². The van der Waals surface area contributed by atoms with E-state index in [0.717, 1.165) is 25.2 Å². The first kappa shape index (κ1) is 21.6. The van der Waals surface area contributed by atoms with Gasteiger partial charge in [0.05, 0.1) is 0 Å². The monoisotopic (exact) mass is 442 g/mol. The Hall–Kier alpha value is -2.07. The van der Waals surface area contributed by atoms with Crippen molar-refractivity contribution < 1.29 is 18.0 Å². The number of aromatic amines is 1. The highest BCUT2D eigenvalue weighted by Crippen LogP contribution is 2.36. The normalized spacial score (nSPS) is 15.9. The summed E-state index contributed by atoms with van der Waals surface area (Å²) < 4.78 is 39.7. The number of benzene rings is 1. The zero-order chi connectivity index (χ0) is 21.0. The summed E-state index contributed by atoms with van der Waals surface area (Å²) in [5.41, 5.74) is -3.63. The number of amides is 1. The van der Waals surface area contributed by atoms with Crippen LogP contribution in [-0.2, 0) is 11.3 Å². The number of piperidine rings is 1. The van der Waals surface area contributed by atoms with Crippen LogP contribution >= 0.6 is 24.0 Å². The molecule has 0 saturated carbocycles. The molecule has 2 heterocycles. The van der Waals surface area contributed by atoms with Gasteiger partial charge in [-0.25, -0.2) is 0 Å². The van der Waals surface area contributed by atoms with Crippen molar-refractivity contribution in [3.05, 3.63) is 46.5 Å². The molecule has 10 heteroatoms. The molecule has 2 aromatic rings. The Labute approximate surface area is 176 Å². The van der Waals surface area contributed by atoms with Crippen LogP contribution in [0.2, 0.25) is 0 Å². The average Bonchev–Trinajstić information content (AvgIpc) is 3.06. The third kappa shape index (κ3) is 5.72. The molecule has 0 bridgehead atoms. The zero-order valence-corrected chi connectivity index (χ0v) is 17.4. The van der Waals surface area contributed by atoms with Crippen molar-refractivity contribution in [2.45, 2.75) is 42.6 Å². The van der Waals surface area contributed by atoms with Crippen LogP contribution in [0.5, 0.6) is 0 Å². The fourth-order valence-corrected chi connectivity index (χ4v) is 4.17. The molecule has 1 fully saturated rings. The second-order valence-corrected chi connectivity index (χ2v) is 8.21. The predicted octanol–water partition coefficient (Wildman–Crippen LogP) is 4.99. The highest BCUT2D eigenvalue weighted by Gasteiger charge is 2.29. The summed E-state index contributed by atoms with van der Waals surface area (Å²) in [6, 6.07) is 5.93. The summed E-state index contributed by atoms with van der Waals surface area (Å²) in [5.74, 6) is 1.10. The van der Waals surface area contributed by atoms with E-state index in [1.54, 1.807) is 23.1 Å². The average molecular weight is 443 g/mol. The second-order valence-electron chi connectivity index (χ2n) is 6.68. The third-order valence-electron chi connectivity index (χ3n) is 4.81. The Bertz CT molecular complexity index is 926. The number of H-pyrrole nitrogens is 1. The Morgan fingerprint density at radius 3 is 2.55 bits per heavy atom. The van der Waals surface area contributed by atoms with E-state index >= 15 is 0 Å². The third-order valence-corrected chi connectivity index (χ3v) is 5.86. The summed E-state index contributed by atoms with van der Waals surface area (Å²) in [5, 5.41) is 7.18. The SMILES string of the molecule is CCn1c(C2CCN(C(=O)/C=C/c3ccc(SC(F)(F)F)cc3)CC2)n[nH]c1=S. The lowest BCUT2D eigenvalue weighted by Gasteiger charge is -2.31. The maximum Gasteiger partial charge on any atom is 0.446 e. The van der Waals surface area contributed by atoms with E-state index in [4.69, 9.17) is 12.2 Å². The number of nitrogens with one attached hydrogen (secondary N) is 1. The van der Waals surface area contributed by atoms with Gasteiger partial charge in [-0.3, -0.25) is 9.89 Å². The van der Waals surface area contributed by atoms with Crippen molar-refractivity contribution in [1.82, 2.24) is 19.7 Å². The maximum atomic E-state index is 12.4. The van der Waals surface area contributed by atoms with E-state index in [1.165, 1.54) is 18.2 Å². The quantitative estimate of drug-likeness (QED) is 0.403. The highest BCUT2D eigenvalue weighted by atomic mass is 32.2. The first-order valence-electron chi connectivity index (χ1n) is 9.24. The van der Waals surface area contributed by atoms with Gasteiger partial charge in [-0.15, -0.1) is 0 Å². The van der Waals surface area contributed by atoms with Crippen LogP contribution in [0.3, 0.4) is 0 Å². The largest absolute Gasteiger partial charge is 0.446 e. The Morgan fingerprint density at radius 1 is 1.31 bits per heavy atom. The van der Waals surface area contributed by atoms with Gasteiger partial charge in [-0.05, 0) is 67.5 Å². The van der Waals surface area contributed by atoms with Gasteiger partial charge in [0.25, 0.3) is 0 Å². The Kier molecular flexibility index (Phi) is 6.84. The summed E-state index contributed by atoms with van der Waals surface area (Å²) in [4.78, 5) is 14.3. The summed E-state index contributed by atoms with van der Waals surface area (Å²) in [6.07, 6.45) is 4.71. The molecule has 1 aromatic heterocycles. The molecule has 3 rings (SSSR count). The van der Waals surface area contributed by atoms with Crippen molar-refractivity contribution in [2.24, 2.45) is 0 Å². The van der Waals surface area contributed by atoms with E-state index in [0.29, 0.717) is 23.4 Å². The van der Waals surface area contributed by atoms with Gasteiger partial charge < -0.3 is 9.47 Å². The molecule has 1 amide bonds. The van der Waals surface area contributed by atoms with Crippen LogP contribution in [0.1, 0.15) is 37.1 Å². The van der Waals surface area contributed by atoms with E-state index in [-0.39, 0.29) is 28.5 Å². The lowest BCUT2D eigenvalue weighted by molar-refractivity contribution is -0.127. The lowest BCUT2D eigenvalue weighted by Crippen LogP contribution is -2.37. The number of hydrogen-bond acceptors (Lipinski definition) is 4. The zero-order valence-electron chi connectivity index (χ0n) is 15.8. The minimum Gasteiger partial charge on any atom is -0.339 e. The van der Waals surface area contributed by atoms with Crippen molar-refractivity contribution in [3.8, 4) is 0 Å². The molecule has 0 atom stereocenters. The number of hydrogen-bond donors (Lipinski definition) is 1. The molecule has 156 valence electrons. The van der Waals surface area contributed by atoms with Crippen LogP contribution in [0.4, 0.5) is 13.2 Å². The summed E-state index contributed by atoms with van der Waals surface area (Å²) in [7, 11) is 0. The number of rotatable bonds is 5. The van der Waals surface area contributed by atoms with Crippen LogP contribution < -0.4 is 0 Å². The lowest BCUT2D eigenvalue weighted by atomic mass is 9.96. The van der Waals surface area contributed by atoms with Crippen LogP contribution in [0.25, 0.3) is 6.08 Å². The van der Waals surface area contributed by atoms with Gasteiger partial charge in [0, 0.05) is 36.5 Å². The number of thioether (sulfide) groups is 1. The van der Waals surface area contributed by atoms with E-state index in [1.807, 2.05) is 11.5 Å². The number of carbonyl (C=O) groups is 1. The molecule has 29 heavy (non-hydrogen) atoms. The van der Waals surface area contributed by atoms with Gasteiger partial charge >= 0.3 is 5.51 Å². The number of halogens is 3. The molecule has 1 N–H and O–H groups in total. The fourth-order valence-electron chi connectivity index (χ4n) is 3.36. The molecule has 1 aliphatic heterocycles. The molecular weight excluding hydrogens is 421 g/mol. The molecule has 1 saturated heterocycles. The van der Waals surface area contributed by atoms with Crippen molar-refractivity contribution in [3.63, 3.8) is 0 Å². The highest BCUT2D eigenvalue weighted by molar-refractivity contribution is 8.00. The standard InChI is InChI=1S/C19H21F3N4OS2/c1-2-26-17(23-24-18(26)28)14-9-11-25(12-10-14)16(27)8-5-13-3-6-15(7-4-13)29-19(20,21)22/h3-8,14H,2,9-12H2,1H3,(H,24,28)/b8-5+. The first-order valence-corrected chi connectivity index (χ1v) is 10.5. The number of carbonyl (C=O) groups excluding carboxylic acids is 1. The van der Waals surface area contributed by atoms with E-state index in [2.05, 4.69) is 10.2 Å². The Balaban J connectivity index is 1.55. The number of nitrogens with zero attached hydrogens (tertiary/aromatic N) is 3.